The lowest BCUT2D eigenvalue weighted by molar-refractivity contribution is -0.122. The molecule has 1 amide bonds. The lowest BCUT2D eigenvalue weighted by Crippen LogP contribution is -2.40. The van der Waals surface area contributed by atoms with Gasteiger partial charge in [-0.1, -0.05) is 11.6 Å². The fourth-order valence-electron chi connectivity index (χ4n) is 2.86. The highest BCUT2D eigenvalue weighted by atomic mass is 16.2. The molecule has 1 unspecified atom stereocenters. The van der Waals surface area contributed by atoms with Crippen LogP contribution in [0.5, 0.6) is 0 Å². The number of hydrogen-bond donors (Lipinski definition) is 1. The highest BCUT2D eigenvalue weighted by molar-refractivity contribution is 5.78. The van der Waals surface area contributed by atoms with Gasteiger partial charge in [-0.2, -0.15) is 0 Å². The van der Waals surface area contributed by atoms with E-state index in [9.17, 15) is 4.79 Å². The van der Waals surface area contributed by atoms with Gasteiger partial charge >= 0.3 is 0 Å². The van der Waals surface area contributed by atoms with Crippen LogP contribution in [0.2, 0.25) is 0 Å². The fraction of sp³-hybridized carbons (Fsp3) is 0.812. The summed E-state index contributed by atoms with van der Waals surface area (Å²) >= 11 is 0. The van der Waals surface area contributed by atoms with Gasteiger partial charge in [0.2, 0.25) is 5.91 Å². The van der Waals surface area contributed by atoms with Crippen LogP contribution in [0.3, 0.4) is 0 Å². The van der Waals surface area contributed by atoms with Gasteiger partial charge in [0, 0.05) is 12.6 Å². The first-order valence-corrected chi connectivity index (χ1v) is 7.81. The SMILES string of the molecule is CC(C1CC1)N(C)CC(=O)NCCC1=CCCCC1. The van der Waals surface area contributed by atoms with Gasteiger partial charge in [-0.15, -0.1) is 0 Å². The predicted octanol–water partition coefficient (Wildman–Crippen LogP) is 2.72. The molecule has 1 fully saturated rings. The van der Waals surface area contributed by atoms with E-state index in [1.165, 1.54) is 44.1 Å². The van der Waals surface area contributed by atoms with E-state index >= 15 is 0 Å². The van der Waals surface area contributed by atoms with Crippen LogP contribution in [0.25, 0.3) is 0 Å². The maximum Gasteiger partial charge on any atom is 0.234 e. The van der Waals surface area contributed by atoms with Gasteiger partial charge in [-0.3, -0.25) is 9.69 Å². The number of carbonyl (C=O) groups excluding carboxylic acids is 1. The number of rotatable bonds is 7. The molecule has 3 heteroatoms. The summed E-state index contributed by atoms with van der Waals surface area (Å²) in [7, 11) is 2.06. The van der Waals surface area contributed by atoms with Crippen molar-refractivity contribution in [1.29, 1.82) is 0 Å². The minimum Gasteiger partial charge on any atom is -0.355 e. The zero-order valence-electron chi connectivity index (χ0n) is 12.5. The van der Waals surface area contributed by atoms with E-state index in [4.69, 9.17) is 0 Å². The second-order valence-electron chi connectivity index (χ2n) is 6.20. The maximum atomic E-state index is 11.9. The van der Waals surface area contributed by atoms with Crippen molar-refractivity contribution in [2.45, 2.75) is 57.9 Å². The van der Waals surface area contributed by atoms with Crippen LogP contribution in [0.4, 0.5) is 0 Å². The summed E-state index contributed by atoms with van der Waals surface area (Å²) in [6, 6.07) is 0.548. The zero-order chi connectivity index (χ0) is 13.7. The number of hydrogen-bond acceptors (Lipinski definition) is 2. The van der Waals surface area contributed by atoms with Crippen molar-refractivity contribution in [3.05, 3.63) is 11.6 Å². The van der Waals surface area contributed by atoms with Crippen LogP contribution in [0.15, 0.2) is 11.6 Å². The normalized spacial score (nSPS) is 21.1. The highest BCUT2D eigenvalue weighted by Crippen LogP contribution is 2.34. The average molecular weight is 264 g/mol. The summed E-state index contributed by atoms with van der Waals surface area (Å²) in [6.45, 7) is 3.57. The van der Waals surface area contributed by atoms with Crippen LogP contribution in [-0.2, 0) is 4.79 Å². The molecule has 0 saturated heterocycles. The van der Waals surface area contributed by atoms with Crippen LogP contribution in [-0.4, -0.2) is 37.0 Å². The number of carbonyl (C=O) groups is 1. The minimum absolute atomic E-state index is 0.173. The topological polar surface area (TPSA) is 32.3 Å². The summed E-state index contributed by atoms with van der Waals surface area (Å²) in [4.78, 5) is 14.1. The third-order valence-electron chi connectivity index (χ3n) is 4.55. The fourth-order valence-corrected chi connectivity index (χ4v) is 2.86. The Labute approximate surface area is 117 Å². The Kier molecular flexibility index (Phi) is 5.44. The van der Waals surface area contributed by atoms with Crippen molar-refractivity contribution in [2.24, 2.45) is 5.92 Å². The summed E-state index contributed by atoms with van der Waals surface area (Å²) in [5.41, 5.74) is 1.53. The quantitative estimate of drug-likeness (QED) is 0.717. The van der Waals surface area contributed by atoms with E-state index in [1.54, 1.807) is 0 Å². The van der Waals surface area contributed by atoms with Crippen LogP contribution in [0, 0.1) is 5.92 Å². The van der Waals surface area contributed by atoms with Gasteiger partial charge in [0.1, 0.15) is 0 Å². The van der Waals surface area contributed by atoms with E-state index in [1.807, 2.05) is 0 Å². The number of amides is 1. The van der Waals surface area contributed by atoms with E-state index in [0.717, 1.165) is 18.9 Å². The van der Waals surface area contributed by atoms with Crippen molar-refractivity contribution >= 4 is 5.91 Å². The number of likely N-dealkylation sites (N-methyl/N-ethyl adjacent to an activating group) is 1. The minimum atomic E-state index is 0.173. The first-order chi connectivity index (χ1) is 9.16. The monoisotopic (exact) mass is 264 g/mol. The van der Waals surface area contributed by atoms with Crippen molar-refractivity contribution < 1.29 is 4.79 Å². The van der Waals surface area contributed by atoms with Crippen LogP contribution < -0.4 is 5.32 Å². The average Bonchev–Trinajstić information content (AvgIpc) is 3.23. The second-order valence-corrected chi connectivity index (χ2v) is 6.20. The van der Waals surface area contributed by atoms with Crippen molar-refractivity contribution in [2.75, 3.05) is 20.1 Å². The summed E-state index contributed by atoms with van der Waals surface area (Å²) in [5, 5.41) is 3.05. The molecule has 2 aliphatic carbocycles. The summed E-state index contributed by atoms with van der Waals surface area (Å²) in [6.07, 6.45) is 11.2. The molecule has 0 aromatic rings. The third kappa shape index (κ3) is 4.98. The number of nitrogens with zero attached hydrogens (tertiary/aromatic N) is 1. The molecule has 0 heterocycles. The molecule has 2 aliphatic rings. The molecular formula is C16H28N2O. The van der Waals surface area contributed by atoms with E-state index in [-0.39, 0.29) is 5.91 Å². The predicted molar refractivity (Wildman–Crippen MR) is 79.0 cm³/mol. The first kappa shape index (κ1) is 14.6. The van der Waals surface area contributed by atoms with Crippen molar-refractivity contribution in [3.8, 4) is 0 Å². The Bertz CT molecular complexity index is 334. The molecule has 0 spiro atoms. The molecule has 0 aliphatic heterocycles. The van der Waals surface area contributed by atoms with Gasteiger partial charge in [0.15, 0.2) is 0 Å². The van der Waals surface area contributed by atoms with Gasteiger partial charge in [0.25, 0.3) is 0 Å². The number of nitrogens with one attached hydrogen (secondary N) is 1. The van der Waals surface area contributed by atoms with Crippen LogP contribution >= 0.6 is 0 Å². The molecule has 0 bridgehead atoms. The third-order valence-corrected chi connectivity index (χ3v) is 4.55. The molecule has 0 aromatic heterocycles. The Morgan fingerprint density at radius 3 is 2.89 bits per heavy atom. The smallest absolute Gasteiger partial charge is 0.234 e. The lowest BCUT2D eigenvalue weighted by Gasteiger charge is -2.23. The Morgan fingerprint density at radius 2 is 2.26 bits per heavy atom. The van der Waals surface area contributed by atoms with Crippen molar-refractivity contribution in [1.82, 2.24) is 10.2 Å². The summed E-state index contributed by atoms with van der Waals surface area (Å²) < 4.78 is 0. The standard InChI is InChI=1S/C16H28N2O/c1-13(15-8-9-15)18(2)12-16(19)17-11-10-14-6-4-3-5-7-14/h6,13,15H,3-5,7-12H2,1-2H3,(H,17,19). The van der Waals surface area contributed by atoms with E-state index in [2.05, 4.69) is 30.3 Å². The van der Waals surface area contributed by atoms with E-state index < -0.39 is 0 Å². The molecule has 19 heavy (non-hydrogen) atoms. The molecule has 1 atom stereocenters. The van der Waals surface area contributed by atoms with Gasteiger partial charge in [-0.25, -0.2) is 0 Å². The number of allylic oxidation sites excluding steroid dienone is 1. The van der Waals surface area contributed by atoms with Gasteiger partial charge in [-0.05, 0) is 64.8 Å². The maximum absolute atomic E-state index is 11.9. The first-order valence-electron chi connectivity index (χ1n) is 7.81. The largest absolute Gasteiger partial charge is 0.355 e. The molecular weight excluding hydrogens is 236 g/mol. The molecule has 0 aromatic carbocycles. The molecule has 1 saturated carbocycles. The Morgan fingerprint density at radius 1 is 1.47 bits per heavy atom. The molecule has 1 N–H and O–H groups in total. The summed E-state index contributed by atoms with van der Waals surface area (Å²) in [5.74, 6) is 0.997. The van der Waals surface area contributed by atoms with Gasteiger partial charge < -0.3 is 5.32 Å². The molecule has 0 radical (unpaired) electrons. The molecule has 2 rings (SSSR count). The van der Waals surface area contributed by atoms with Crippen LogP contribution in [0.1, 0.15) is 51.9 Å². The highest BCUT2D eigenvalue weighted by Gasteiger charge is 2.30. The van der Waals surface area contributed by atoms with E-state index in [0.29, 0.717) is 12.6 Å². The Balaban J connectivity index is 1.59. The Hall–Kier alpha value is -0.830. The second kappa shape index (κ2) is 7.09. The zero-order valence-corrected chi connectivity index (χ0v) is 12.5. The van der Waals surface area contributed by atoms with Gasteiger partial charge in [0.05, 0.1) is 6.54 Å². The molecule has 3 nitrogen and oxygen atoms in total. The lowest BCUT2D eigenvalue weighted by atomic mass is 9.97. The van der Waals surface area contributed by atoms with Crippen molar-refractivity contribution in [3.63, 3.8) is 0 Å². The molecule has 108 valence electrons.